The molecule has 0 saturated carbocycles. The van der Waals surface area contributed by atoms with Gasteiger partial charge < -0.3 is 30.0 Å². The number of nitrogens with zero attached hydrogens (tertiary/aromatic N) is 3. The molecule has 3 heterocycles. The maximum atomic E-state index is 14.0. The summed E-state index contributed by atoms with van der Waals surface area (Å²) >= 11 is 0. The van der Waals surface area contributed by atoms with Crippen LogP contribution in [0.15, 0.2) is 28.5 Å². The van der Waals surface area contributed by atoms with E-state index >= 15 is 0 Å². The van der Waals surface area contributed by atoms with Crippen LogP contribution >= 0.6 is 0 Å². The Morgan fingerprint density at radius 3 is 2.40 bits per heavy atom. The summed E-state index contributed by atoms with van der Waals surface area (Å²) < 4.78 is 16.2. The number of Topliss-reactive ketones (excluding diaryl/α,β-unsaturated/α-hetero) is 2. The van der Waals surface area contributed by atoms with Gasteiger partial charge >= 0.3 is 6.09 Å². The molecule has 0 spiro atoms. The van der Waals surface area contributed by atoms with Crippen molar-refractivity contribution in [3.63, 3.8) is 0 Å². The first-order valence-electron chi connectivity index (χ1n) is 15.7. The summed E-state index contributed by atoms with van der Waals surface area (Å²) in [5, 5.41) is 27.6. The largest absolute Gasteiger partial charge is 0.504 e. The molecule has 2 bridgehead atoms. The third kappa shape index (κ3) is 5.63. The van der Waals surface area contributed by atoms with Gasteiger partial charge in [-0.1, -0.05) is 6.07 Å². The first-order chi connectivity index (χ1) is 22.1. The number of hydrogen-bond donors (Lipinski definition) is 3. The SMILES string of the molecule is COC1=C(C)C(=O)C2=C(C1=O)[C@H](CNC(=O)[C@@H](C)NC(=O)OC(C)(C)C)N1C(C2)[C@H]2c3c(cc(C)c(OC)c3O)C[C@@H]([C@@H]1C#N)N2C. The van der Waals surface area contributed by atoms with Crippen molar-refractivity contribution in [2.24, 2.45) is 0 Å². The number of ether oxygens (including phenoxy) is 3. The minimum absolute atomic E-state index is 0.00335. The Balaban J connectivity index is 1.59. The number of allylic oxidation sites excluding steroid dienone is 2. The molecule has 252 valence electrons. The average Bonchev–Trinajstić information content (AvgIpc) is 2.98. The van der Waals surface area contributed by atoms with Crippen molar-refractivity contribution in [2.45, 2.75) is 96.2 Å². The van der Waals surface area contributed by atoms with Crippen LogP contribution in [0.25, 0.3) is 0 Å². The zero-order valence-electron chi connectivity index (χ0n) is 28.3. The number of hydrogen-bond acceptors (Lipinski definition) is 11. The quantitative estimate of drug-likeness (QED) is 0.387. The second-order valence-corrected chi connectivity index (χ2v) is 13.7. The highest BCUT2D eigenvalue weighted by Gasteiger charge is 2.58. The lowest BCUT2D eigenvalue weighted by atomic mass is 9.69. The molecule has 1 saturated heterocycles. The van der Waals surface area contributed by atoms with E-state index in [2.05, 4.69) is 21.6 Å². The first-order valence-corrected chi connectivity index (χ1v) is 15.7. The third-order valence-electron chi connectivity index (χ3n) is 9.66. The Hall–Kier alpha value is -4.41. The number of aromatic hydroxyl groups is 1. The van der Waals surface area contributed by atoms with E-state index in [1.54, 1.807) is 27.7 Å². The van der Waals surface area contributed by atoms with E-state index in [0.717, 1.165) is 11.1 Å². The molecule has 6 atom stereocenters. The monoisotopic (exact) mass is 649 g/mol. The number of carbonyl (C=O) groups is 4. The number of rotatable bonds is 6. The molecule has 0 aromatic heterocycles. The van der Waals surface area contributed by atoms with Crippen LogP contribution in [-0.4, -0.2) is 102 Å². The molecular formula is C34H43N5O8. The number of methoxy groups -OCH3 is 2. The summed E-state index contributed by atoms with van der Waals surface area (Å²) in [5.74, 6) is -1.08. The number of alkyl carbamates (subject to hydrolysis) is 1. The smallest absolute Gasteiger partial charge is 0.408 e. The molecule has 0 radical (unpaired) electrons. The number of phenolic OH excluding ortho intramolecular Hbond substituents is 1. The minimum Gasteiger partial charge on any atom is -0.504 e. The summed E-state index contributed by atoms with van der Waals surface area (Å²) in [6, 6.07) is 0.472. The van der Waals surface area contributed by atoms with Crippen LogP contribution in [0, 0.1) is 18.3 Å². The van der Waals surface area contributed by atoms with Crippen LogP contribution in [0.3, 0.4) is 0 Å². The molecule has 1 fully saturated rings. The van der Waals surface area contributed by atoms with E-state index in [-0.39, 0.29) is 47.4 Å². The van der Waals surface area contributed by atoms with Gasteiger partial charge in [0.2, 0.25) is 11.7 Å². The van der Waals surface area contributed by atoms with Crippen molar-refractivity contribution in [1.82, 2.24) is 20.4 Å². The number of phenols is 1. The number of amides is 2. The van der Waals surface area contributed by atoms with Gasteiger partial charge in [0.1, 0.15) is 17.7 Å². The number of nitriles is 1. The Morgan fingerprint density at radius 1 is 1.13 bits per heavy atom. The van der Waals surface area contributed by atoms with Crippen molar-refractivity contribution < 1.29 is 38.5 Å². The van der Waals surface area contributed by atoms with Crippen molar-refractivity contribution in [2.75, 3.05) is 27.8 Å². The van der Waals surface area contributed by atoms with Crippen LogP contribution in [0.5, 0.6) is 11.5 Å². The summed E-state index contributed by atoms with van der Waals surface area (Å²) in [7, 11) is 4.72. The first kappa shape index (κ1) is 33.9. The van der Waals surface area contributed by atoms with Crippen molar-refractivity contribution in [3.05, 3.63) is 45.2 Å². The summed E-state index contributed by atoms with van der Waals surface area (Å²) in [5.41, 5.74) is 2.20. The Morgan fingerprint density at radius 2 is 1.81 bits per heavy atom. The zero-order chi connectivity index (χ0) is 34.7. The lowest BCUT2D eigenvalue weighted by molar-refractivity contribution is -0.125. The number of piperazine rings is 1. The summed E-state index contributed by atoms with van der Waals surface area (Å²) in [6.07, 6.45) is -0.189. The molecule has 5 rings (SSSR count). The number of likely N-dealkylation sites (N-methyl/N-ethyl adjacent to an activating group) is 1. The Kier molecular flexibility index (Phi) is 8.89. The predicted octanol–water partition coefficient (Wildman–Crippen LogP) is 2.35. The summed E-state index contributed by atoms with van der Waals surface area (Å²) in [4.78, 5) is 57.5. The second kappa shape index (κ2) is 12.3. The van der Waals surface area contributed by atoms with E-state index in [9.17, 15) is 29.5 Å². The fraction of sp³-hybridized carbons (Fsp3) is 0.559. The molecule has 1 aromatic carbocycles. The van der Waals surface area contributed by atoms with E-state index in [1.165, 1.54) is 21.1 Å². The molecule has 4 aliphatic rings. The Bertz CT molecular complexity index is 1650. The minimum atomic E-state index is -0.990. The van der Waals surface area contributed by atoms with Crippen LogP contribution < -0.4 is 15.4 Å². The zero-order valence-corrected chi connectivity index (χ0v) is 28.3. The van der Waals surface area contributed by atoms with E-state index < -0.39 is 53.6 Å². The van der Waals surface area contributed by atoms with Gasteiger partial charge in [0, 0.05) is 40.9 Å². The number of benzene rings is 1. The third-order valence-corrected chi connectivity index (χ3v) is 9.66. The van der Waals surface area contributed by atoms with Crippen LogP contribution in [0.1, 0.15) is 63.8 Å². The number of fused-ring (bicyclic) bond motifs is 6. The highest BCUT2D eigenvalue weighted by molar-refractivity contribution is 6.25. The number of ketones is 2. The van der Waals surface area contributed by atoms with Gasteiger partial charge in [-0.25, -0.2) is 4.79 Å². The topological polar surface area (TPSA) is 171 Å². The lowest BCUT2D eigenvalue weighted by Gasteiger charge is -2.60. The van der Waals surface area contributed by atoms with Crippen molar-refractivity contribution in [3.8, 4) is 17.6 Å². The Labute approximate surface area is 274 Å². The van der Waals surface area contributed by atoms with Gasteiger partial charge in [-0.2, -0.15) is 5.26 Å². The maximum absolute atomic E-state index is 14.0. The molecule has 1 aliphatic carbocycles. The molecular weight excluding hydrogens is 606 g/mol. The van der Waals surface area contributed by atoms with Crippen molar-refractivity contribution in [1.29, 1.82) is 5.26 Å². The van der Waals surface area contributed by atoms with E-state index in [4.69, 9.17) is 14.2 Å². The lowest BCUT2D eigenvalue weighted by Crippen LogP contribution is -2.71. The molecule has 13 nitrogen and oxygen atoms in total. The molecule has 1 aromatic rings. The van der Waals surface area contributed by atoms with E-state index in [0.29, 0.717) is 23.3 Å². The average molecular weight is 650 g/mol. The van der Waals surface area contributed by atoms with Gasteiger partial charge in [-0.05, 0) is 72.6 Å². The van der Waals surface area contributed by atoms with Crippen LogP contribution in [0.2, 0.25) is 0 Å². The van der Waals surface area contributed by atoms with Gasteiger partial charge in [0.05, 0.1) is 32.4 Å². The number of carbonyl (C=O) groups excluding carboxylic acids is 4. The van der Waals surface area contributed by atoms with Gasteiger partial charge in [0.15, 0.2) is 23.0 Å². The molecule has 13 heteroatoms. The number of aryl methyl sites for hydroxylation is 1. The molecule has 2 amide bonds. The fourth-order valence-electron chi connectivity index (χ4n) is 7.71. The maximum Gasteiger partial charge on any atom is 0.408 e. The standard InChI is InChI=1S/C34H43N5O8/c1-15-10-18-11-20-22(13-35)39-21(26(38(20)7)24(18)28(41)30(15)45-8)12-19-25(29(42)31(46-9)16(2)27(19)40)23(39)14-36-32(43)17(3)37-33(44)47-34(4,5)6/h10,17,20-23,26,41H,11-12,14H2,1-9H3,(H,36,43)(H,37,44)/t17-,20+,21?,22+,23+,26+/m1/s1. The molecule has 3 N–H and O–H groups in total. The summed E-state index contributed by atoms with van der Waals surface area (Å²) in [6.45, 7) is 9.90. The normalized spacial score (nSPS) is 26.4. The van der Waals surface area contributed by atoms with Gasteiger partial charge in [0.25, 0.3) is 0 Å². The highest BCUT2D eigenvalue weighted by atomic mass is 16.6. The van der Waals surface area contributed by atoms with Gasteiger partial charge in [-0.15, -0.1) is 0 Å². The van der Waals surface area contributed by atoms with E-state index in [1.807, 2.05) is 24.9 Å². The second-order valence-electron chi connectivity index (χ2n) is 13.7. The fourth-order valence-corrected chi connectivity index (χ4v) is 7.71. The van der Waals surface area contributed by atoms with Crippen molar-refractivity contribution >= 4 is 23.6 Å². The van der Waals surface area contributed by atoms with Crippen LogP contribution in [0.4, 0.5) is 4.79 Å². The highest BCUT2D eigenvalue weighted by Crippen LogP contribution is 2.53. The predicted molar refractivity (Wildman–Crippen MR) is 169 cm³/mol. The molecule has 1 unspecified atom stereocenters. The van der Waals surface area contributed by atoms with Crippen LogP contribution in [-0.2, 0) is 30.3 Å². The molecule has 3 aliphatic heterocycles. The number of nitrogens with one attached hydrogen (secondary N) is 2. The van der Waals surface area contributed by atoms with Gasteiger partial charge in [-0.3, -0.25) is 24.2 Å². The molecule has 47 heavy (non-hydrogen) atoms.